The molecule has 0 unspecified atom stereocenters. The highest BCUT2D eigenvalue weighted by molar-refractivity contribution is 5.50. The van der Waals surface area contributed by atoms with E-state index in [-0.39, 0.29) is 0 Å². The van der Waals surface area contributed by atoms with E-state index in [0.29, 0.717) is 0 Å². The van der Waals surface area contributed by atoms with E-state index in [9.17, 15) is 0 Å². The molecular weight excluding hydrogens is 296 g/mol. The van der Waals surface area contributed by atoms with Gasteiger partial charge in [0.05, 0.1) is 14.2 Å². The van der Waals surface area contributed by atoms with Crippen LogP contribution in [0.4, 0.5) is 0 Å². The fraction of sp³-hybridized carbons (Fsp3) is 0.136. The monoisotopic (exact) mass is 317 g/mol. The topological polar surface area (TPSA) is 18.5 Å². The smallest absolute Gasteiger partial charge is 0.118 e. The minimum atomic E-state index is 0.868. The van der Waals surface area contributed by atoms with Crippen LogP contribution >= 0.6 is 0 Å². The highest BCUT2D eigenvalue weighted by Crippen LogP contribution is 2.30. The minimum absolute atomic E-state index is 0.868. The van der Waals surface area contributed by atoms with Crippen LogP contribution in [-0.4, -0.2) is 14.2 Å². The first kappa shape index (κ1) is 16.1. The Kier molecular flexibility index (Phi) is 5.17. The lowest BCUT2D eigenvalue weighted by atomic mass is 9.86. The molecule has 0 heterocycles. The van der Waals surface area contributed by atoms with Crippen LogP contribution < -0.4 is 9.47 Å². The predicted octanol–water partition coefficient (Wildman–Crippen LogP) is 4.92. The van der Waals surface area contributed by atoms with E-state index in [1.807, 2.05) is 30.3 Å². The van der Waals surface area contributed by atoms with Gasteiger partial charge in [0.25, 0.3) is 0 Å². The molecule has 0 aliphatic heterocycles. The Morgan fingerprint density at radius 1 is 0.625 bits per heavy atom. The summed E-state index contributed by atoms with van der Waals surface area (Å²) in [6.07, 6.45) is 0.875. The van der Waals surface area contributed by atoms with Gasteiger partial charge in [0.1, 0.15) is 11.5 Å². The van der Waals surface area contributed by atoms with E-state index in [0.717, 1.165) is 17.9 Å². The van der Waals surface area contributed by atoms with E-state index in [1.165, 1.54) is 22.6 Å². The zero-order valence-corrected chi connectivity index (χ0v) is 14.0. The second kappa shape index (κ2) is 7.69. The molecule has 3 aromatic carbocycles. The van der Waals surface area contributed by atoms with Gasteiger partial charge < -0.3 is 9.47 Å². The lowest BCUT2D eigenvalue weighted by molar-refractivity contribution is 0.414. The van der Waals surface area contributed by atoms with Crippen LogP contribution in [0.1, 0.15) is 16.7 Å². The summed E-state index contributed by atoms with van der Waals surface area (Å²) in [4.78, 5) is 0. The van der Waals surface area contributed by atoms with Crippen LogP contribution in [0.2, 0.25) is 0 Å². The van der Waals surface area contributed by atoms with Crippen molar-refractivity contribution in [2.45, 2.75) is 6.42 Å². The molecule has 0 spiro atoms. The minimum Gasteiger partial charge on any atom is -0.497 e. The molecule has 0 fully saturated rings. The Balaban J connectivity index is 1.95. The van der Waals surface area contributed by atoms with Gasteiger partial charge in [-0.25, -0.2) is 0 Å². The Hall–Kier alpha value is -2.74. The highest BCUT2D eigenvalue weighted by Gasteiger charge is 2.16. The third kappa shape index (κ3) is 3.77. The number of rotatable bonds is 6. The SMILES string of the molecule is COc1ccc([C](Cc2ccccc2)c2ccc(OC)cc2)cc1. The van der Waals surface area contributed by atoms with Crippen molar-refractivity contribution in [2.75, 3.05) is 14.2 Å². The molecule has 0 N–H and O–H groups in total. The third-order valence-electron chi connectivity index (χ3n) is 4.10. The van der Waals surface area contributed by atoms with Crippen LogP contribution in [-0.2, 0) is 6.42 Å². The summed E-state index contributed by atoms with van der Waals surface area (Å²) in [5.41, 5.74) is 3.69. The van der Waals surface area contributed by atoms with Gasteiger partial charge in [-0.1, -0.05) is 54.6 Å². The molecule has 1 radical (unpaired) electrons. The quantitative estimate of drug-likeness (QED) is 0.642. The van der Waals surface area contributed by atoms with Crippen LogP contribution in [0.5, 0.6) is 11.5 Å². The van der Waals surface area contributed by atoms with Crippen molar-refractivity contribution in [3.8, 4) is 11.5 Å². The number of benzene rings is 3. The average molecular weight is 317 g/mol. The zero-order valence-electron chi connectivity index (χ0n) is 14.0. The van der Waals surface area contributed by atoms with Crippen molar-refractivity contribution < 1.29 is 9.47 Å². The molecule has 121 valence electrons. The molecule has 0 aliphatic carbocycles. The molecule has 0 bridgehead atoms. The Labute approximate surface area is 143 Å². The van der Waals surface area contributed by atoms with E-state index >= 15 is 0 Å². The van der Waals surface area contributed by atoms with Gasteiger partial charge >= 0.3 is 0 Å². The molecule has 0 aliphatic rings. The van der Waals surface area contributed by atoms with Crippen LogP contribution in [0.15, 0.2) is 78.9 Å². The Bertz CT molecular complexity index is 699. The summed E-state index contributed by atoms with van der Waals surface area (Å²) >= 11 is 0. The summed E-state index contributed by atoms with van der Waals surface area (Å²) in [7, 11) is 3.38. The summed E-state index contributed by atoms with van der Waals surface area (Å²) in [5, 5.41) is 0. The largest absolute Gasteiger partial charge is 0.497 e. The van der Waals surface area contributed by atoms with Crippen molar-refractivity contribution in [1.29, 1.82) is 0 Å². The maximum Gasteiger partial charge on any atom is 0.118 e. The standard InChI is InChI=1S/C22H21O2/c1-23-20-12-8-18(9-13-20)22(16-17-6-4-3-5-7-17)19-10-14-21(24-2)15-11-19/h3-15H,16H2,1-2H3. The van der Waals surface area contributed by atoms with Gasteiger partial charge in [-0.15, -0.1) is 0 Å². The fourth-order valence-corrected chi connectivity index (χ4v) is 2.76. The number of ether oxygens (including phenoxy) is 2. The normalized spacial score (nSPS) is 10.6. The second-order valence-electron chi connectivity index (χ2n) is 5.60. The molecule has 3 aromatic rings. The maximum absolute atomic E-state index is 5.28. The predicted molar refractivity (Wildman–Crippen MR) is 97.6 cm³/mol. The average Bonchev–Trinajstić information content (AvgIpc) is 2.67. The highest BCUT2D eigenvalue weighted by atomic mass is 16.5. The number of methoxy groups -OCH3 is 2. The molecule has 0 aromatic heterocycles. The Morgan fingerprint density at radius 2 is 1.08 bits per heavy atom. The summed E-state index contributed by atoms with van der Waals surface area (Å²) in [6.45, 7) is 0. The maximum atomic E-state index is 5.28. The molecule has 24 heavy (non-hydrogen) atoms. The lowest BCUT2D eigenvalue weighted by Crippen LogP contribution is -2.06. The lowest BCUT2D eigenvalue weighted by Gasteiger charge is -2.18. The molecule has 0 amide bonds. The van der Waals surface area contributed by atoms with E-state index in [2.05, 4.69) is 48.5 Å². The van der Waals surface area contributed by atoms with Crippen molar-refractivity contribution >= 4 is 0 Å². The van der Waals surface area contributed by atoms with Crippen molar-refractivity contribution in [3.05, 3.63) is 101 Å². The Morgan fingerprint density at radius 3 is 1.50 bits per heavy atom. The molecule has 0 saturated heterocycles. The third-order valence-corrected chi connectivity index (χ3v) is 4.10. The van der Waals surface area contributed by atoms with Gasteiger partial charge in [-0.3, -0.25) is 0 Å². The molecule has 2 heteroatoms. The first-order valence-corrected chi connectivity index (χ1v) is 7.99. The first-order valence-electron chi connectivity index (χ1n) is 7.99. The summed E-state index contributed by atoms with van der Waals surface area (Å²) in [5.74, 6) is 3.02. The van der Waals surface area contributed by atoms with E-state index < -0.39 is 0 Å². The van der Waals surface area contributed by atoms with Crippen molar-refractivity contribution in [3.63, 3.8) is 0 Å². The van der Waals surface area contributed by atoms with Crippen molar-refractivity contribution in [1.82, 2.24) is 0 Å². The molecule has 0 saturated carbocycles. The molecular formula is C22H21O2. The van der Waals surface area contributed by atoms with Gasteiger partial charge in [0.2, 0.25) is 0 Å². The van der Waals surface area contributed by atoms with Crippen molar-refractivity contribution in [2.24, 2.45) is 0 Å². The number of hydrogen-bond donors (Lipinski definition) is 0. The molecule has 2 nitrogen and oxygen atoms in total. The zero-order chi connectivity index (χ0) is 16.8. The van der Waals surface area contributed by atoms with E-state index in [1.54, 1.807) is 14.2 Å². The van der Waals surface area contributed by atoms with Crippen LogP contribution in [0.25, 0.3) is 0 Å². The second-order valence-corrected chi connectivity index (χ2v) is 5.60. The van der Waals surface area contributed by atoms with Gasteiger partial charge in [-0.05, 0) is 47.4 Å². The molecule has 0 atom stereocenters. The van der Waals surface area contributed by atoms with Crippen LogP contribution in [0.3, 0.4) is 0 Å². The first-order chi connectivity index (χ1) is 11.8. The van der Waals surface area contributed by atoms with Gasteiger partial charge in [0, 0.05) is 5.92 Å². The summed E-state index contributed by atoms with van der Waals surface area (Å²) in [6, 6.07) is 27.0. The summed E-state index contributed by atoms with van der Waals surface area (Å²) < 4.78 is 10.6. The van der Waals surface area contributed by atoms with Gasteiger partial charge in [0.15, 0.2) is 0 Å². The van der Waals surface area contributed by atoms with Crippen LogP contribution in [0, 0.1) is 5.92 Å². The van der Waals surface area contributed by atoms with Gasteiger partial charge in [-0.2, -0.15) is 0 Å². The van der Waals surface area contributed by atoms with E-state index in [4.69, 9.17) is 9.47 Å². The fourth-order valence-electron chi connectivity index (χ4n) is 2.76. The number of hydrogen-bond acceptors (Lipinski definition) is 2. The molecule has 3 rings (SSSR count).